The van der Waals surface area contributed by atoms with Crippen molar-refractivity contribution in [2.75, 3.05) is 5.32 Å². The lowest BCUT2D eigenvalue weighted by Gasteiger charge is -2.44. The van der Waals surface area contributed by atoms with Gasteiger partial charge < -0.3 is 10.1 Å². The predicted octanol–water partition coefficient (Wildman–Crippen LogP) is 4.69. The van der Waals surface area contributed by atoms with Crippen molar-refractivity contribution in [3.63, 3.8) is 0 Å². The fourth-order valence-electron chi connectivity index (χ4n) is 4.47. The molecule has 6 heteroatoms. The van der Waals surface area contributed by atoms with Gasteiger partial charge in [-0.25, -0.2) is 5.01 Å². The Bertz CT molecular complexity index is 1190. The van der Waals surface area contributed by atoms with E-state index in [0.29, 0.717) is 17.2 Å². The van der Waals surface area contributed by atoms with E-state index in [-0.39, 0.29) is 11.9 Å². The Morgan fingerprint density at radius 2 is 1.86 bits per heavy atom. The summed E-state index contributed by atoms with van der Waals surface area (Å²) < 4.78 is 6.42. The molecule has 6 rings (SSSR count). The molecule has 29 heavy (non-hydrogen) atoms. The molecule has 1 N–H and O–H groups in total. The van der Waals surface area contributed by atoms with Crippen LogP contribution in [-0.4, -0.2) is 16.6 Å². The minimum atomic E-state index is -1.33. The van der Waals surface area contributed by atoms with Crippen molar-refractivity contribution in [3.05, 3.63) is 94.5 Å². The van der Waals surface area contributed by atoms with Crippen molar-refractivity contribution in [2.45, 2.75) is 18.2 Å². The van der Waals surface area contributed by atoms with Crippen LogP contribution < -0.4 is 10.1 Å². The normalized spacial score (nSPS) is 23.8. The van der Waals surface area contributed by atoms with E-state index in [4.69, 9.17) is 21.4 Å². The smallest absolute Gasteiger partial charge is 0.306 e. The molecule has 142 valence electrons. The average molecular weight is 402 g/mol. The lowest BCUT2D eigenvalue weighted by atomic mass is 9.92. The molecular weight excluding hydrogens is 386 g/mol. The molecule has 0 aromatic heterocycles. The van der Waals surface area contributed by atoms with Gasteiger partial charge in [-0.2, -0.15) is 5.10 Å². The van der Waals surface area contributed by atoms with Gasteiger partial charge in [0.05, 0.1) is 23.0 Å². The fraction of sp³-hybridized carbons (Fsp3) is 0.130. The number of fused-ring (bicyclic) bond motifs is 6. The number of benzene rings is 3. The van der Waals surface area contributed by atoms with Crippen LogP contribution in [0.25, 0.3) is 0 Å². The number of anilines is 1. The molecule has 0 radical (unpaired) electrons. The summed E-state index contributed by atoms with van der Waals surface area (Å²) >= 11 is 6.29. The quantitative estimate of drug-likeness (QED) is 0.643. The maximum absolute atomic E-state index is 13.3. The van der Waals surface area contributed by atoms with Crippen LogP contribution >= 0.6 is 11.6 Å². The van der Waals surface area contributed by atoms with Gasteiger partial charge in [-0.05, 0) is 29.8 Å². The molecule has 3 aromatic carbocycles. The van der Waals surface area contributed by atoms with Crippen LogP contribution in [0.2, 0.25) is 5.02 Å². The molecule has 1 amide bonds. The number of amides is 1. The topological polar surface area (TPSA) is 53.9 Å². The number of hydrazone groups is 1. The summed E-state index contributed by atoms with van der Waals surface area (Å²) in [5.41, 5.74) is 3.08. The zero-order chi connectivity index (χ0) is 19.6. The molecule has 3 aromatic rings. The summed E-state index contributed by atoms with van der Waals surface area (Å²) in [6.45, 7) is 0. The van der Waals surface area contributed by atoms with E-state index in [1.807, 2.05) is 71.7 Å². The lowest BCUT2D eigenvalue weighted by molar-refractivity contribution is -0.161. The average Bonchev–Trinajstić information content (AvgIpc) is 3.31. The molecule has 0 bridgehead atoms. The number of rotatable bonds is 1. The van der Waals surface area contributed by atoms with Crippen molar-refractivity contribution >= 4 is 28.9 Å². The fourth-order valence-corrected chi connectivity index (χ4v) is 4.65. The number of hydrogen-bond donors (Lipinski definition) is 1. The van der Waals surface area contributed by atoms with Gasteiger partial charge in [0.15, 0.2) is 0 Å². The molecule has 3 aliphatic rings. The monoisotopic (exact) mass is 401 g/mol. The van der Waals surface area contributed by atoms with Gasteiger partial charge >= 0.3 is 5.72 Å². The number of carbonyl (C=O) groups excluding carboxylic acids is 1. The molecule has 0 aliphatic carbocycles. The number of para-hydroxylation sites is 1. The van der Waals surface area contributed by atoms with E-state index in [9.17, 15) is 4.79 Å². The Hall–Kier alpha value is -3.31. The SMILES string of the molecule is O=C1Nc2ccccc2[C@]12Oc1ccc(Cl)cc1[C@@H]1CC(c3ccccc3)=NN12. The maximum atomic E-state index is 13.3. The first-order valence-electron chi connectivity index (χ1n) is 9.48. The van der Waals surface area contributed by atoms with E-state index >= 15 is 0 Å². The summed E-state index contributed by atoms with van der Waals surface area (Å²) in [6.07, 6.45) is 0.665. The summed E-state index contributed by atoms with van der Waals surface area (Å²) in [5.74, 6) is 0.425. The van der Waals surface area contributed by atoms with Crippen LogP contribution in [0, 0.1) is 0 Å². The zero-order valence-corrected chi connectivity index (χ0v) is 16.1. The molecule has 5 nitrogen and oxygen atoms in total. The highest BCUT2D eigenvalue weighted by atomic mass is 35.5. The van der Waals surface area contributed by atoms with Crippen LogP contribution in [0.4, 0.5) is 5.69 Å². The van der Waals surface area contributed by atoms with E-state index in [2.05, 4.69) is 5.32 Å². The van der Waals surface area contributed by atoms with Gasteiger partial charge in [-0.15, -0.1) is 0 Å². The van der Waals surface area contributed by atoms with Crippen molar-refractivity contribution in [2.24, 2.45) is 5.10 Å². The van der Waals surface area contributed by atoms with Gasteiger partial charge in [0.2, 0.25) is 0 Å². The minimum Gasteiger partial charge on any atom is -0.453 e. The number of carbonyl (C=O) groups is 1. The summed E-state index contributed by atoms with van der Waals surface area (Å²) in [5, 5.41) is 10.3. The minimum absolute atomic E-state index is 0.149. The number of nitrogens with one attached hydrogen (secondary N) is 1. The van der Waals surface area contributed by atoms with E-state index in [1.54, 1.807) is 6.07 Å². The number of hydrogen-bond acceptors (Lipinski definition) is 4. The van der Waals surface area contributed by atoms with Crippen LogP contribution in [0.15, 0.2) is 77.9 Å². The van der Waals surface area contributed by atoms with Crippen molar-refractivity contribution in [1.29, 1.82) is 0 Å². The van der Waals surface area contributed by atoms with Crippen molar-refractivity contribution in [3.8, 4) is 5.75 Å². The zero-order valence-electron chi connectivity index (χ0n) is 15.3. The first-order valence-corrected chi connectivity index (χ1v) is 9.86. The number of nitrogens with zero attached hydrogens (tertiary/aromatic N) is 2. The Morgan fingerprint density at radius 3 is 2.72 bits per heavy atom. The van der Waals surface area contributed by atoms with Crippen LogP contribution in [-0.2, 0) is 10.5 Å². The van der Waals surface area contributed by atoms with Gasteiger partial charge in [0.25, 0.3) is 5.91 Å². The van der Waals surface area contributed by atoms with E-state index in [0.717, 1.165) is 28.1 Å². The Balaban J connectivity index is 1.59. The second kappa shape index (κ2) is 5.84. The Morgan fingerprint density at radius 1 is 1.07 bits per heavy atom. The highest BCUT2D eigenvalue weighted by Gasteiger charge is 2.60. The summed E-state index contributed by atoms with van der Waals surface area (Å²) in [6, 6.07) is 23.0. The first kappa shape index (κ1) is 16.6. The molecule has 0 unspecified atom stereocenters. The molecule has 3 heterocycles. The third-order valence-electron chi connectivity index (χ3n) is 5.78. The van der Waals surface area contributed by atoms with Gasteiger partial charge in [-0.1, -0.05) is 60.1 Å². The molecule has 1 spiro atoms. The third-order valence-corrected chi connectivity index (χ3v) is 6.01. The Labute approximate surface area is 172 Å². The van der Waals surface area contributed by atoms with Crippen molar-refractivity contribution in [1.82, 2.24) is 5.01 Å². The maximum Gasteiger partial charge on any atom is 0.306 e. The van der Waals surface area contributed by atoms with Gasteiger partial charge in [-0.3, -0.25) is 4.79 Å². The summed E-state index contributed by atoms with van der Waals surface area (Å²) in [7, 11) is 0. The number of halogens is 1. The molecular formula is C23H16ClN3O2. The highest BCUT2D eigenvalue weighted by Crippen LogP contribution is 2.54. The largest absolute Gasteiger partial charge is 0.453 e. The first-order chi connectivity index (χ1) is 14.2. The second-order valence-corrected chi connectivity index (χ2v) is 7.84. The van der Waals surface area contributed by atoms with Crippen molar-refractivity contribution < 1.29 is 9.53 Å². The standard InChI is InChI=1S/C23H16ClN3O2/c24-15-10-11-21-16(12-15)20-13-19(14-6-2-1-3-7-14)26-27(20)23(29-21)17-8-4-5-9-18(17)25-22(23)28/h1-12,20H,13H2,(H,25,28)/t20-,23-/m0/s1. The lowest BCUT2D eigenvalue weighted by Crippen LogP contribution is -2.55. The molecule has 2 atom stereocenters. The van der Waals surface area contributed by atoms with E-state index in [1.165, 1.54) is 0 Å². The molecule has 0 fully saturated rings. The highest BCUT2D eigenvalue weighted by molar-refractivity contribution is 6.30. The third kappa shape index (κ3) is 2.22. The second-order valence-electron chi connectivity index (χ2n) is 7.41. The van der Waals surface area contributed by atoms with Crippen LogP contribution in [0.3, 0.4) is 0 Å². The van der Waals surface area contributed by atoms with Crippen LogP contribution in [0.5, 0.6) is 5.75 Å². The van der Waals surface area contributed by atoms with Gasteiger partial charge in [0, 0.05) is 17.0 Å². The number of ether oxygens (including phenoxy) is 1. The van der Waals surface area contributed by atoms with Gasteiger partial charge in [0.1, 0.15) is 5.75 Å². The summed E-state index contributed by atoms with van der Waals surface area (Å²) in [4.78, 5) is 13.3. The molecule has 3 aliphatic heterocycles. The molecule has 0 saturated heterocycles. The Kier molecular flexibility index (Phi) is 3.35. The van der Waals surface area contributed by atoms with Crippen LogP contribution in [0.1, 0.15) is 29.2 Å². The van der Waals surface area contributed by atoms with E-state index < -0.39 is 5.72 Å². The molecule has 0 saturated carbocycles. The predicted molar refractivity (Wildman–Crippen MR) is 111 cm³/mol.